The van der Waals surface area contributed by atoms with E-state index >= 15 is 0 Å². The van der Waals surface area contributed by atoms with E-state index in [1.54, 1.807) is 0 Å². The summed E-state index contributed by atoms with van der Waals surface area (Å²) in [7, 11) is -0.287. The lowest BCUT2D eigenvalue weighted by atomic mass is 9.66. The number of aromatic nitrogens is 4. The van der Waals surface area contributed by atoms with Gasteiger partial charge in [-0.1, -0.05) is 335 Å². The fraction of sp³-hybridized carbons (Fsp3) is 0.184. The van der Waals surface area contributed by atoms with Crippen molar-refractivity contribution in [1.82, 2.24) is 19.9 Å². The average Bonchev–Trinajstić information content (AvgIpc) is 1.56. The Hall–Kier alpha value is -10.9. The Morgan fingerprint density at radius 1 is 0.264 bits per heavy atom. The van der Waals surface area contributed by atoms with Crippen LogP contribution < -0.4 is 5.46 Å². The number of rotatable bonds is 10. The molecule has 0 unspecified atom stereocenters. The SMILES string of the molecule is CC1(C)OB(c2ccc3c(c2)C2(CCCCC2)c2ccccc2-3)OC1(C)C.Clc1ccc(-c2cc(-c3ccc(-c4ccccc4)cc3)nc(-c3ccccc3)n2)cc1.c1ccc(-c2ccc(-c3cc(-c4ccc(-c5ccc6c(c5)C5(CCCCC5)c5ccccc5-6)cc4)nc(-c4ccccc4)n3)cc2)cc1. The summed E-state index contributed by atoms with van der Waals surface area (Å²) in [5, 5.41) is 0.706. The van der Waals surface area contributed by atoms with Gasteiger partial charge in [-0.25, -0.2) is 19.9 Å². The Balaban J connectivity index is 0.000000124. The molecule has 106 heavy (non-hydrogen) atoms. The molecule has 2 saturated carbocycles. The summed E-state index contributed by atoms with van der Waals surface area (Å²) in [4.78, 5) is 19.9. The molecule has 19 rings (SSSR count). The van der Waals surface area contributed by atoms with E-state index < -0.39 is 0 Å². The van der Waals surface area contributed by atoms with Crippen LogP contribution in [0.4, 0.5) is 0 Å². The maximum absolute atomic E-state index is 6.34. The van der Waals surface area contributed by atoms with Gasteiger partial charge in [-0.3, -0.25) is 0 Å². The van der Waals surface area contributed by atoms with Crippen molar-refractivity contribution in [3.8, 4) is 123 Å². The first kappa shape index (κ1) is 68.2. The minimum atomic E-state index is -0.303. The van der Waals surface area contributed by atoms with Crippen LogP contribution in [0.1, 0.15) is 114 Å². The van der Waals surface area contributed by atoms with Gasteiger partial charge < -0.3 is 9.31 Å². The highest BCUT2D eigenvalue weighted by atomic mass is 35.5. The van der Waals surface area contributed by atoms with Crippen molar-refractivity contribution in [2.45, 2.75) is 114 Å². The van der Waals surface area contributed by atoms with Crippen molar-refractivity contribution < 1.29 is 9.31 Å². The molecule has 1 aliphatic heterocycles. The van der Waals surface area contributed by atoms with Crippen LogP contribution in [0.2, 0.25) is 5.02 Å². The summed E-state index contributed by atoms with van der Waals surface area (Å²) in [6.07, 6.45) is 12.9. The van der Waals surface area contributed by atoms with E-state index in [2.05, 4.69) is 258 Å². The lowest BCUT2D eigenvalue weighted by molar-refractivity contribution is 0.00578. The van der Waals surface area contributed by atoms with Crippen molar-refractivity contribution in [2.75, 3.05) is 0 Å². The van der Waals surface area contributed by atoms with E-state index in [9.17, 15) is 0 Å². The average molecular weight is 1400 g/mol. The molecule has 3 heterocycles. The minimum Gasteiger partial charge on any atom is -0.399 e. The van der Waals surface area contributed by atoms with Crippen LogP contribution in [0.25, 0.3) is 123 Å². The monoisotopic (exact) mass is 1390 g/mol. The van der Waals surface area contributed by atoms with Crippen molar-refractivity contribution in [2.24, 2.45) is 0 Å². The molecule has 0 atom stereocenters. The van der Waals surface area contributed by atoms with Crippen LogP contribution in [0.15, 0.2) is 315 Å². The Morgan fingerprint density at radius 2 is 0.557 bits per heavy atom. The second-order valence-electron chi connectivity index (χ2n) is 30.2. The second kappa shape index (κ2) is 28.8. The third-order valence-corrected chi connectivity index (χ3v) is 23.5. The number of fused-ring (bicyclic) bond motifs is 10. The largest absolute Gasteiger partial charge is 0.494 e. The van der Waals surface area contributed by atoms with E-state index in [4.69, 9.17) is 40.8 Å². The highest BCUT2D eigenvalue weighted by Gasteiger charge is 2.53. The quantitative estimate of drug-likeness (QED) is 0.127. The molecule has 8 heteroatoms. The molecule has 1 saturated heterocycles. The fourth-order valence-corrected chi connectivity index (χ4v) is 17.0. The smallest absolute Gasteiger partial charge is 0.399 e. The predicted molar refractivity (Wildman–Crippen MR) is 439 cm³/mol. The van der Waals surface area contributed by atoms with Crippen molar-refractivity contribution in [3.05, 3.63) is 343 Å². The zero-order chi connectivity index (χ0) is 71.8. The third kappa shape index (κ3) is 13.2. The van der Waals surface area contributed by atoms with Crippen LogP contribution >= 0.6 is 11.6 Å². The predicted octanol–water partition coefficient (Wildman–Crippen LogP) is 25.1. The molecule has 0 bridgehead atoms. The fourth-order valence-electron chi connectivity index (χ4n) is 16.9. The Morgan fingerprint density at radius 3 is 0.953 bits per heavy atom. The normalized spacial score (nSPS) is 15.8. The number of hydrogen-bond acceptors (Lipinski definition) is 6. The first-order valence-electron chi connectivity index (χ1n) is 37.8. The number of nitrogens with zero attached hydrogens (tertiary/aromatic N) is 4. The van der Waals surface area contributed by atoms with Gasteiger partial charge >= 0.3 is 7.12 Å². The second-order valence-corrected chi connectivity index (χ2v) is 30.6. The highest BCUT2D eigenvalue weighted by Crippen LogP contribution is 2.58. The van der Waals surface area contributed by atoms with E-state index in [1.165, 1.54) is 142 Å². The van der Waals surface area contributed by atoms with E-state index in [1.807, 2.05) is 84.9 Å². The summed E-state index contributed by atoms with van der Waals surface area (Å²) in [5.74, 6) is 1.44. The van der Waals surface area contributed by atoms with Gasteiger partial charge in [0.1, 0.15) is 0 Å². The number of benzene rings is 12. The van der Waals surface area contributed by atoms with E-state index in [-0.39, 0.29) is 29.2 Å². The molecule has 0 amide bonds. The van der Waals surface area contributed by atoms with Crippen molar-refractivity contribution >= 4 is 24.2 Å². The van der Waals surface area contributed by atoms with Crippen LogP contribution in [-0.2, 0) is 20.1 Å². The van der Waals surface area contributed by atoms with Crippen LogP contribution in [0, 0.1) is 0 Å². The molecule has 518 valence electrons. The molecule has 5 aliphatic rings. The lowest BCUT2D eigenvalue weighted by Crippen LogP contribution is -2.41. The maximum Gasteiger partial charge on any atom is 0.494 e. The summed E-state index contributed by atoms with van der Waals surface area (Å²) >= 11 is 6.09. The molecule has 2 spiro atoms. The topological polar surface area (TPSA) is 70.0 Å². The van der Waals surface area contributed by atoms with Gasteiger partial charge in [0.25, 0.3) is 0 Å². The standard InChI is InChI=1S/C46H36N2.C28H19ClN2.C24H29BO2/c1-4-12-32(13-5-1)33-18-22-35(23-19-33)43-31-44(48-45(47-43)37-14-6-2-7-15-37)36-24-20-34(21-25-36)38-26-27-40-39-16-8-9-17-41(39)46(42(40)30-38)28-10-3-11-29-46;29-25-17-15-23(16-18-25)27-19-26(30-28(31-27)24-9-5-2-6-10-24)22-13-11-21(12-14-22)20-7-3-1-4-8-20;1-22(2)23(3,4)27-25(26-22)17-12-13-19-18-10-6-7-11-20(18)24(21(19)16-17)14-8-5-9-15-24/h1-2,4-9,12-27,30-31H,3,10-11,28-29H2;1-19H;6-7,10-13,16H,5,8-9,14-15H2,1-4H3. The highest BCUT2D eigenvalue weighted by molar-refractivity contribution is 6.62. The minimum absolute atomic E-state index is 0.157. The summed E-state index contributed by atoms with van der Waals surface area (Å²) < 4.78 is 12.7. The summed E-state index contributed by atoms with van der Waals surface area (Å²) in [6, 6.07) is 111. The van der Waals surface area contributed by atoms with Crippen LogP contribution in [0.3, 0.4) is 0 Å². The van der Waals surface area contributed by atoms with E-state index in [0.29, 0.717) is 10.8 Å². The van der Waals surface area contributed by atoms with Gasteiger partial charge in [-0.05, 0) is 167 Å². The zero-order valence-corrected chi connectivity index (χ0v) is 61.4. The van der Waals surface area contributed by atoms with Crippen molar-refractivity contribution in [1.29, 1.82) is 0 Å². The van der Waals surface area contributed by atoms with Gasteiger partial charge in [0.15, 0.2) is 11.6 Å². The number of halogens is 1. The maximum atomic E-state index is 6.34. The Labute approximate surface area is 629 Å². The van der Waals surface area contributed by atoms with Gasteiger partial charge in [0.05, 0.1) is 34.0 Å². The first-order chi connectivity index (χ1) is 51.8. The molecule has 0 N–H and O–H groups in total. The molecule has 2 aromatic heterocycles. The zero-order valence-electron chi connectivity index (χ0n) is 60.7. The molecule has 14 aromatic rings. The summed E-state index contributed by atoms with van der Waals surface area (Å²) in [5.41, 5.74) is 29.8. The lowest BCUT2D eigenvalue weighted by Gasteiger charge is -2.36. The van der Waals surface area contributed by atoms with Crippen molar-refractivity contribution in [3.63, 3.8) is 0 Å². The molecule has 3 fully saturated rings. The molecule has 0 radical (unpaired) electrons. The van der Waals surface area contributed by atoms with Crippen LogP contribution in [-0.4, -0.2) is 38.3 Å². The van der Waals surface area contributed by atoms with Gasteiger partial charge in [0.2, 0.25) is 0 Å². The Kier molecular flexibility index (Phi) is 18.6. The molecular formula is C98H84BClN4O2. The van der Waals surface area contributed by atoms with E-state index in [0.717, 1.165) is 67.4 Å². The molecule has 4 aliphatic carbocycles. The van der Waals surface area contributed by atoms with Gasteiger partial charge in [-0.2, -0.15) is 0 Å². The van der Waals surface area contributed by atoms with Gasteiger partial charge in [0, 0.05) is 49.2 Å². The third-order valence-electron chi connectivity index (χ3n) is 23.2. The Bertz CT molecular complexity index is 5450. The summed E-state index contributed by atoms with van der Waals surface area (Å²) in [6.45, 7) is 8.50. The van der Waals surface area contributed by atoms with Crippen LogP contribution in [0.5, 0.6) is 0 Å². The molecular weight excluding hydrogens is 1310 g/mol. The molecule has 12 aromatic carbocycles. The van der Waals surface area contributed by atoms with Gasteiger partial charge in [-0.15, -0.1) is 0 Å². The molecule has 6 nitrogen and oxygen atoms in total. The first-order valence-corrected chi connectivity index (χ1v) is 38.2. The number of hydrogen-bond donors (Lipinski definition) is 0.